The second-order valence-corrected chi connectivity index (χ2v) is 6.97. The summed E-state index contributed by atoms with van der Waals surface area (Å²) in [7, 11) is 0. The molecule has 1 rings (SSSR count). The molecule has 3 nitrogen and oxygen atoms in total. The van der Waals surface area contributed by atoms with E-state index in [-0.39, 0.29) is 17.4 Å². The van der Waals surface area contributed by atoms with E-state index < -0.39 is 5.60 Å². The van der Waals surface area contributed by atoms with E-state index in [1.165, 1.54) is 0 Å². The van der Waals surface area contributed by atoms with Crippen LogP contribution in [0.4, 0.5) is 0 Å². The molecule has 1 aromatic carbocycles. The maximum absolute atomic E-state index is 12.0. The van der Waals surface area contributed by atoms with E-state index in [2.05, 4.69) is 20.8 Å². The highest BCUT2D eigenvalue weighted by atomic mass is 16.6. The first-order valence-corrected chi connectivity index (χ1v) is 6.59. The van der Waals surface area contributed by atoms with E-state index in [1.54, 1.807) is 6.07 Å². The van der Waals surface area contributed by atoms with Crippen LogP contribution in [0.3, 0.4) is 0 Å². The third-order valence-corrected chi connectivity index (χ3v) is 2.81. The van der Waals surface area contributed by atoms with Crippen molar-refractivity contribution >= 4 is 5.97 Å². The van der Waals surface area contributed by atoms with E-state index in [0.717, 1.165) is 5.56 Å². The molecular weight excluding hydrogens is 238 g/mol. The van der Waals surface area contributed by atoms with Crippen molar-refractivity contribution in [2.45, 2.75) is 53.2 Å². The molecule has 0 aliphatic rings. The molecule has 0 radical (unpaired) electrons. The second-order valence-electron chi connectivity index (χ2n) is 6.97. The minimum Gasteiger partial charge on any atom is -0.456 e. The molecule has 0 amide bonds. The number of carbonyl (C=O) groups is 1. The molecular formula is C16H25NO2. The molecule has 0 fully saturated rings. The van der Waals surface area contributed by atoms with Gasteiger partial charge in [-0.1, -0.05) is 32.9 Å². The Morgan fingerprint density at radius 2 is 1.74 bits per heavy atom. The van der Waals surface area contributed by atoms with Crippen LogP contribution in [-0.2, 0) is 4.74 Å². The molecule has 0 aromatic heterocycles. The number of nitrogens with two attached hydrogens (primary N) is 1. The van der Waals surface area contributed by atoms with Gasteiger partial charge in [0.25, 0.3) is 0 Å². The summed E-state index contributed by atoms with van der Waals surface area (Å²) in [5.74, 6) is -0.310. The lowest BCUT2D eigenvalue weighted by Gasteiger charge is -2.27. The van der Waals surface area contributed by atoms with Crippen LogP contribution >= 0.6 is 0 Å². The van der Waals surface area contributed by atoms with Crippen LogP contribution in [0.5, 0.6) is 0 Å². The predicted octanol–water partition coefficient (Wildman–Crippen LogP) is 3.69. The lowest BCUT2D eigenvalue weighted by Crippen LogP contribution is -2.27. The zero-order valence-corrected chi connectivity index (χ0v) is 12.8. The maximum Gasteiger partial charge on any atom is 0.338 e. The predicted molar refractivity (Wildman–Crippen MR) is 78.0 cm³/mol. The van der Waals surface area contributed by atoms with Crippen LogP contribution < -0.4 is 5.73 Å². The van der Waals surface area contributed by atoms with Gasteiger partial charge >= 0.3 is 5.97 Å². The first-order chi connectivity index (χ1) is 8.50. The van der Waals surface area contributed by atoms with Crippen LogP contribution in [0, 0.1) is 5.41 Å². The van der Waals surface area contributed by atoms with Crippen molar-refractivity contribution in [2.24, 2.45) is 11.1 Å². The summed E-state index contributed by atoms with van der Waals surface area (Å²) in [5.41, 5.74) is 7.18. The van der Waals surface area contributed by atoms with Gasteiger partial charge in [-0.3, -0.25) is 0 Å². The summed E-state index contributed by atoms with van der Waals surface area (Å²) < 4.78 is 5.36. The summed E-state index contributed by atoms with van der Waals surface area (Å²) in [6.07, 6.45) is 0. The van der Waals surface area contributed by atoms with Crippen molar-refractivity contribution in [2.75, 3.05) is 0 Å². The smallest absolute Gasteiger partial charge is 0.338 e. The minimum atomic E-state index is -0.487. The minimum absolute atomic E-state index is 0.0491. The van der Waals surface area contributed by atoms with Gasteiger partial charge in [-0.2, -0.15) is 0 Å². The van der Waals surface area contributed by atoms with Crippen LogP contribution in [0.1, 0.15) is 63.5 Å². The van der Waals surface area contributed by atoms with E-state index >= 15 is 0 Å². The van der Waals surface area contributed by atoms with Gasteiger partial charge in [-0.15, -0.1) is 0 Å². The fourth-order valence-corrected chi connectivity index (χ4v) is 1.70. The van der Waals surface area contributed by atoms with Crippen molar-refractivity contribution in [1.82, 2.24) is 0 Å². The summed E-state index contributed by atoms with van der Waals surface area (Å²) >= 11 is 0. The van der Waals surface area contributed by atoms with Gasteiger partial charge in [-0.05, 0) is 43.9 Å². The fourth-order valence-electron chi connectivity index (χ4n) is 1.70. The van der Waals surface area contributed by atoms with Crippen molar-refractivity contribution in [3.8, 4) is 0 Å². The van der Waals surface area contributed by atoms with Gasteiger partial charge in [0, 0.05) is 6.04 Å². The largest absolute Gasteiger partial charge is 0.456 e. The van der Waals surface area contributed by atoms with Gasteiger partial charge in [0.05, 0.1) is 5.56 Å². The second kappa shape index (κ2) is 5.33. The summed E-state index contributed by atoms with van der Waals surface area (Å²) in [6.45, 7) is 11.8. The number of hydrogen-bond acceptors (Lipinski definition) is 3. The topological polar surface area (TPSA) is 52.3 Å². The number of ether oxygens (including phenoxy) is 1. The quantitative estimate of drug-likeness (QED) is 0.828. The standard InChI is InChI=1S/C16H25NO2/c1-15(2,3)13(17)11-8-7-9-12(10-11)14(18)19-16(4,5)6/h7-10,13H,17H2,1-6H3. The van der Waals surface area contributed by atoms with Crippen LogP contribution in [0.25, 0.3) is 0 Å². The Hall–Kier alpha value is -1.35. The van der Waals surface area contributed by atoms with Gasteiger partial charge in [0.15, 0.2) is 0 Å². The Labute approximate surface area is 116 Å². The molecule has 0 heterocycles. The zero-order chi connectivity index (χ0) is 14.8. The molecule has 0 bridgehead atoms. The monoisotopic (exact) mass is 263 g/mol. The summed E-state index contributed by atoms with van der Waals surface area (Å²) in [5, 5.41) is 0. The Kier molecular flexibility index (Phi) is 4.41. The molecule has 19 heavy (non-hydrogen) atoms. The molecule has 1 atom stereocenters. The average Bonchev–Trinajstić information content (AvgIpc) is 2.24. The zero-order valence-electron chi connectivity index (χ0n) is 12.8. The first kappa shape index (κ1) is 15.7. The highest BCUT2D eigenvalue weighted by Gasteiger charge is 2.24. The SMILES string of the molecule is CC(C)(C)OC(=O)c1cccc(C(N)C(C)(C)C)c1. The van der Waals surface area contributed by atoms with E-state index in [4.69, 9.17) is 10.5 Å². The van der Waals surface area contributed by atoms with Crippen LogP contribution in [0.15, 0.2) is 24.3 Å². The summed E-state index contributed by atoms with van der Waals surface area (Å²) in [4.78, 5) is 12.0. The number of benzene rings is 1. The number of hydrogen-bond donors (Lipinski definition) is 1. The molecule has 1 unspecified atom stereocenters. The lowest BCUT2D eigenvalue weighted by atomic mass is 9.83. The normalized spacial score (nSPS) is 14.1. The molecule has 3 heteroatoms. The molecule has 2 N–H and O–H groups in total. The van der Waals surface area contributed by atoms with E-state index in [0.29, 0.717) is 5.56 Å². The molecule has 0 aliphatic carbocycles. The van der Waals surface area contributed by atoms with Crippen molar-refractivity contribution in [1.29, 1.82) is 0 Å². The van der Waals surface area contributed by atoms with Gasteiger partial charge in [-0.25, -0.2) is 4.79 Å². The molecule has 0 saturated heterocycles. The first-order valence-electron chi connectivity index (χ1n) is 6.59. The number of rotatable bonds is 2. The number of esters is 1. The Morgan fingerprint density at radius 3 is 2.21 bits per heavy atom. The molecule has 0 spiro atoms. The third kappa shape index (κ3) is 4.67. The van der Waals surface area contributed by atoms with Crippen LogP contribution in [-0.4, -0.2) is 11.6 Å². The van der Waals surface area contributed by atoms with Crippen molar-refractivity contribution in [3.63, 3.8) is 0 Å². The Bertz CT molecular complexity index is 453. The Morgan fingerprint density at radius 1 is 1.16 bits per heavy atom. The summed E-state index contributed by atoms with van der Waals surface area (Å²) in [6, 6.07) is 7.26. The van der Waals surface area contributed by atoms with Crippen LogP contribution in [0.2, 0.25) is 0 Å². The van der Waals surface area contributed by atoms with E-state index in [1.807, 2.05) is 39.0 Å². The highest BCUT2D eigenvalue weighted by Crippen LogP contribution is 2.30. The molecule has 1 aromatic rings. The maximum atomic E-state index is 12.0. The van der Waals surface area contributed by atoms with Gasteiger partial charge in [0.2, 0.25) is 0 Å². The van der Waals surface area contributed by atoms with Crippen molar-refractivity contribution < 1.29 is 9.53 Å². The van der Waals surface area contributed by atoms with Crippen molar-refractivity contribution in [3.05, 3.63) is 35.4 Å². The lowest BCUT2D eigenvalue weighted by molar-refractivity contribution is 0.00693. The number of carbonyl (C=O) groups excluding carboxylic acids is 1. The van der Waals surface area contributed by atoms with E-state index in [9.17, 15) is 4.79 Å². The highest BCUT2D eigenvalue weighted by molar-refractivity contribution is 5.89. The van der Waals surface area contributed by atoms with Gasteiger partial charge in [0.1, 0.15) is 5.60 Å². The molecule has 106 valence electrons. The average molecular weight is 263 g/mol. The van der Waals surface area contributed by atoms with Gasteiger partial charge < -0.3 is 10.5 Å². The fraction of sp³-hybridized carbons (Fsp3) is 0.562. The molecule has 0 saturated carbocycles. The Balaban J connectivity index is 2.98. The third-order valence-electron chi connectivity index (χ3n) is 2.81. The molecule has 0 aliphatic heterocycles.